The number of hydrogen-bond acceptors (Lipinski definition) is 4. The highest BCUT2D eigenvalue weighted by atomic mass is 16.4. The first kappa shape index (κ1) is 13.5. The number of oxazole rings is 1. The fourth-order valence-electron chi connectivity index (χ4n) is 2.08. The summed E-state index contributed by atoms with van der Waals surface area (Å²) >= 11 is 0. The van der Waals surface area contributed by atoms with Crippen molar-refractivity contribution in [2.24, 2.45) is 0 Å². The molecule has 2 aromatic rings. The van der Waals surface area contributed by atoms with E-state index < -0.39 is 0 Å². The molecular weight excluding hydrogens is 244 g/mol. The van der Waals surface area contributed by atoms with Crippen molar-refractivity contribution in [1.82, 2.24) is 9.88 Å². The summed E-state index contributed by atoms with van der Waals surface area (Å²) in [5, 5.41) is 2.94. The Morgan fingerprint density at radius 2 is 2.16 bits per heavy atom. The van der Waals surface area contributed by atoms with Crippen LogP contribution in [0.25, 0.3) is 11.1 Å². The number of fused-ring (bicyclic) bond motifs is 1. The normalized spacial score (nSPS) is 11.4. The van der Waals surface area contributed by atoms with Crippen molar-refractivity contribution < 1.29 is 9.21 Å². The molecule has 0 aliphatic heterocycles. The highest BCUT2D eigenvalue weighted by Gasteiger charge is 2.14. The lowest BCUT2D eigenvalue weighted by Gasteiger charge is -2.05. The minimum atomic E-state index is -0.384. The van der Waals surface area contributed by atoms with E-state index in [1.54, 1.807) is 29.8 Å². The van der Waals surface area contributed by atoms with E-state index in [2.05, 4.69) is 5.32 Å². The number of carbonyl (C=O) groups is 1. The SMILES string of the molecule is CNCCC(=O)c1ccc2c(c1)oc(=O)n2C(C)C. The number of rotatable bonds is 5. The smallest absolute Gasteiger partial charge is 0.408 e. The van der Waals surface area contributed by atoms with Gasteiger partial charge in [-0.2, -0.15) is 0 Å². The number of benzene rings is 1. The van der Waals surface area contributed by atoms with Crippen molar-refractivity contribution >= 4 is 16.9 Å². The first-order valence-electron chi connectivity index (χ1n) is 6.37. The fourth-order valence-corrected chi connectivity index (χ4v) is 2.08. The van der Waals surface area contributed by atoms with Gasteiger partial charge >= 0.3 is 5.76 Å². The van der Waals surface area contributed by atoms with Crippen molar-refractivity contribution in [3.8, 4) is 0 Å². The Morgan fingerprint density at radius 3 is 2.79 bits per heavy atom. The molecule has 5 nitrogen and oxygen atoms in total. The van der Waals surface area contributed by atoms with Crippen LogP contribution >= 0.6 is 0 Å². The van der Waals surface area contributed by atoms with Crippen LogP contribution in [0.5, 0.6) is 0 Å². The molecule has 0 aliphatic carbocycles. The van der Waals surface area contributed by atoms with Gasteiger partial charge in [-0.15, -0.1) is 0 Å². The number of nitrogens with one attached hydrogen (secondary N) is 1. The Bertz CT molecular complexity index is 652. The van der Waals surface area contributed by atoms with Crippen molar-refractivity contribution in [1.29, 1.82) is 0 Å². The van der Waals surface area contributed by atoms with Gasteiger partial charge in [0.15, 0.2) is 11.4 Å². The predicted molar refractivity (Wildman–Crippen MR) is 73.7 cm³/mol. The molecule has 102 valence electrons. The van der Waals surface area contributed by atoms with E-state index in [1.807, 2.05) is 13.8 Å². The van der Waals surface area contributed by atoms with Crippen LogP contribution in [0.1, 0.15) is 36.7 Å². The number of Topliss-reactive ketones (excluding diaryl/α,β-unsaturated/α-hetero) is 1. The van der Waals surface area contributed by atoms with Crippen LogP contribution < -0.4 is 11.1 Å². The highest BCUT2D eigenvalue weighted by molar-refractivity contribution is 5.98. The lowest BCUT2D eigenvalue weighted by molar-refractivity contribution is 0.0983. The molecule has 5 heteroatoms. The van der Waals surface area contributed by atoms with Gasteiger partial charge in [0.05, 0.1) is 5.52 Å². The Balaban J connectivity index is 2.42. The summed E-state index contributed by atoms with van der Waals surface area (Å²) in [6, 6.07) is 5.19. The zero-order chi connectivity index (χ0) is 14.0. The largest absolute Gasteiger partial charge is 0.420 e. The van der Waals surface area contributed by atoms with Crippen LogP contribution in [0.15, 0.2) is 27.4 Å². The summed E-state index contributed by atoms with van der Waals surface area (Å²) < 4.78 is 6.78. The molecule has 0 saturated heterocycles. The Hall–Kier alpha value is -1.88. The second-order valence-corrected chi connectivity index (χ2v) is 4.79. The van der Waals surface area contributed by atoms with Gasteiger partial charge in [-0.05, 0) is 39.1 Å². The molecule has 1 N–H and O–H groups in total. The molecule has 0 radical (unpaired) electrons. The summed E-state index contributed by atoms with van der Waals surface area (Å²) in [6.07, 6.45) is 0.428. The quantitative estimate of drug-likeness (QED) is 0.837. The third kappa shape index (κ3) is 2.61. The van der Waals surface area contributed by atoms with E-state index in [1.165, 1.54) is 0 Å². The van der Waals surface area contributed by atoms with Crippen LogP contribution in [0, 0.1) is 0 Å². The molecule has 1 aromatic carbocycles. The first-order chi connectivity index (χ1) is 9.04. The third-order valence-electron chi connectivity index (χ3n) is 3.05. The summed E-state index contributed by atoms with van der Waals surface area (Å²) in [5.74, 6) is -0.346. The number of aromatic nitrogens is 1. The standard InChI is InChI=1S/C14H18N2O3/c1-9(2)16-11-5-4-10(12(17)6-7-15-3)8-13(11)19-14(16)18/h4-5,8-9,15H,6-7H2,1-3H3. The minimum absolute atomic E-state index is 0.0274. The number of carbonyl (C=O) groups excluding carboxylic acids is 1. The maximum absolute atomic E-state index is 11.9. The van der Waals surface area contributed by atoms with E-state index in [0.29, 0.717) is 24.1 Å². The van der Waals surface area contributed by atoms with Crippen LogP contribution in [-0.4, -0.2) is 23.9 Å². The zero-order valence-corrected chi connectivity index (χ0v) is 11.4. The summed E-state index contributed by atoms with van der Waals surface area (Å²) in [6.45, 7) is 4.47. The van der Waals surface area contributed by atoms with Crippen LogP contribution in [-0.2, 0) is 0 Å². The van der Waals surface area contributed by atoms with Gasteiger partial charge in [-0.25, -0.2) is 4.79 Å². The third-order valence-corrected chi connectivity index (χ3v) is 3.05. The molecule has 0 saturated carbocycles. The van der Waals surface area contributed by atoms with Crippen molar-refractivity contribution in [3.63, 3.8) is 0 Å². The Labute approximate surface area is 111 Å². The lowest BCUT2D eigenvalue weighted by atomic mass is 10.1. The van der Waals surface area contributed by atoms with Crippen molar-refractivity contribution in [2.45, 2.75) is 26.3 Å². The first-order valence-corrected chi connectivity index (χ1v) is 6.37. The van der Waals surface area contributed by atoms with E-state index in [9.17, 15) is 9.59 Å². The molecule has 0 amide bonds. The van der Waals surface area contributed by atoms with E-state index in [4.69, 9.17) is 4.42 Å². The van der Waals surface area contributed by atoms with Gasteiger partial charge in [-0.3, -0.25) is 9.36 Å². The molecule has 0 atom stereocenters. The number of hydrogen-bond donors (Lipinski definition) is 1. The van der Waals surface area contributed by atoms with Gasteiger partial charge in [0.2, 0.25) is 0 Å². The molecule has 0 unspecified atom stereocenters. The molecule has 2 rings (SSSR count). The molecule has 1 aromatic heterocycles. The Kier molecular flexibility index (Phi) is 3.85. The Morgan fingerprint density at radius 1 is 1.42 bits per heavy atom. The topological polar surface area (TPSA) is 64.2 Å². The molecule has 0 fully saturated rings. The van der Waals surface area contributed by atoms with Gasteiger partial charge in [-0.1, -0.05) is 0 Å². The minimum Gasteiger partial charge on any atom is -0.408 e. The van der Waals surface area contributed by atoms with Gasteiger partial charge in [0.1, 0.15) is 0 Å². The number of ketones is 1. The van der Waals surface area contributed by atoms with E-state index in [0.717, 1.165) is 5.52 Å². The lowest BCUT2D eigenvalue weighted by Crippen LogP contribution is -2.16. The van der Waals surface area contributed by atoms with Crippen molar-refractivity contribution in [2.75, 3.05) is 13.6 Å². The van der Waals surface area contributed by atoms with Gasteiger partial charge in [0.25, 0.3) is 0 Å². The van der Waals surface area contributed by atoms with E-state index in [-0.39, 0.29) is 17.6 Å². The average Bonchev–Trinajstić information content (AvgIpc) is 2.70. The second kappa shape index (κ2) is 5.40. The summed E-state index contributed by atoms with van der Waals surface area (Å²) in [7, 11) is 1.80. The zero-order valence-electron chi connectivity index (χ0n) is 11.4. The summed E-state index contributed by atoms with van der Waals surface area (Å²) in [5.41, 5.74) is 1.77. The second-order valence-electron chi connectivity index (χ2n) is 4.79. The maximum Gasteiger partial charge on any atom is 0.420 e. The number of nitrogens with zero attached hydrogens (tertiary/aromatic N) is 1. The van der Waals surface area contributed by atoms with Gasteiger partial charge in [0, 0.05) is 24.6 Å². The highest BCUT2D eigenvalue weighted by Crippen LogP contribution is 2.19. The molecule has 0 bridgehead atoms. The van der Waals surface area contributed by atoms with Crippen molar-refractivity contribution in [3.05, 3.63) is 34.3 Å². The molecule has 19 heavy (non-hydrogen) atoms. The van der Waals surface area contributed by atoms with Gasteiger partial charge < -0.3 is 9.73 Å². The molecular formula is C14H18N2O3. The molecule has 1 heterocycles. The van der Waals surface area contributed by atoms with Crippen LogP contribution in [0.2, 0.25) is 0 Å². The van der Waals surface area contributed by atoms with Crippen LogP contribution in [0.4, 0.5) is 0 Å². The fraction of sp³-hybridized carbons (Fsp3) is 0.429. The summed E-state index contributed by atoms with van der Waals surface area (Å²) in [4.78, 5) is 23.6. The molecule has 0 spiro atoms. The molecule has 0 aliphatic rings. The predicted octanol–water partition coefficient (Wildman–Crippen LogP) is 1.97. The average molecular weight is 262 g/mol. The van der Waals surface area contributed by atoms with E-state index >= 15 is 0 Å². The maximum atomic E-state index is 11.9. The van der Waals surface area contributed by atoms with Crippen LogP contribution in [0.3, 0.4) is 0 Å². The monoisotopic (exact) mass is 262 g/mol.